The first-order chi connectivity index (χ1) is 11.4. The first-order valence-corrected chi connectivity index (χ1v) is 7.93. The predicted octanol–water partition coefficient (Wildman–Crippen LogP) is 4.24. The summed E-state index contributed by atoms with van der Waals surface area (Å²) < 4.78 is 2.22. The smallest absolute Gasteiger partial charge is 0.141 e. The highest BCUT2D eigenvalue weighted by atomic mass is 16.3. The monoisotopic (exact) mass is 302 g/mol. The number of aliphatic hydroxyl groups is 1. The number of rotatable bonds is 4. The van der Waals surface area contributed by atoms with Gasteiger partial charge in [-0.05, 0) is 17.9 Å². The molecule has 3 nitrogen and oxygen atoms in total. The number of hydrogen-bond acceptors (Lipinski definition) is 2. The Morgan fingerprint density at radius 3 is 2.48 bits per heavy atom. The van der Waals surface area contributed by atoms with Crippen molar-refractivity contribution < 1.29 is 5.11 Å². The van der Waals surface area contributed by atoms with Crippen LogP contribution in [0.1, 0.15) is 6.42 Å². The van der Waals surface area contributed by atoms with Crippen LogP contribution in [0.3, 0.4) is 0 Å². The molecular weight excluding hydrogens is 284 g/mol. The average molecular weight is 302 g/mol. The molecule has 0 bridgehead atoms. The van der Waals surface area contributed by atoms with Crippen LogP contribution in [0.2, 0.25) is 0 Å². The SMILES string of the molecule is OCCCn1c(-c2ccccc2)nc2c3ccccc3ccc21. The van der Waals surface area contributed by atoms with Crippen molar-refractivity contribution in [2.75, 3.05) is 6.61 Å². The van der Waals surface area contributed by atoms with Crippen molar-refractivity contribution in [1.82, 2.24) is 9.55 Å². The lowest BCUT2D eigenvalue weighted by Crippen LogP contribution is -2.02. The fourth-order valence-corrected chi connectivity index (χ4v) is 3.12. The van der Waals surface area contributed by atoms with E-state index in [1.807, 2.05) is 18.2 Å². The van der Waals surface area contributed by atoms with Crippen LogP contribution in [-0.2, 0) is 6.54 Å². The van der Waals surface area contributed by atoms with Crippen LogP contribution in [0.25, 0.3) is 33.2 Å². The Morgan fingerprint density at radius 1 is 0.870 bits per heavy atom. The van der Waals surface area contributed by atoms with Crippen molar-refractivity contribution in [3.63, 3.8) is 0 Å². The maximum absolute atomic E-state index is 9.24. The molecule has 0 aliphatic rings. The molecule has 3 aromatic carbocycles. The minimum Gasteiger partial charge on any atom is -0.396 e. The van der Waals surface area contributed by atoms with Gasteiger partial charge in [-0.15, -0.1) is 0 Å². The van der Waals surface area contributed by atoms with Crippen molar-refractivity contribution >= 4 is 21.8 Å². The topological polar surface area (TPSA) is 38.0 Å². The molecule has 0 aliphatic heterocycles. The number of benzene rings is 3. The summed E-state index contributed by atoms with van der Waals surface area (Å²) >= 11 is 0. The van der Waals surface area contributed by atoms with Gasteiger partial charge in [0.25, 0.3) is 0 Å². The second kappa shape index (κ2) is 5.86. The summed E-state index contributed by atoms with van der Waals surface area (Å²) in [6.07, 6.45) is 0.720. The number of fused-ring (bicyclic) bond motifs is 3. The molecule has 0 radical (unpaired) electrons. The molecule has 114 valence electrons. The van der Waals surface area contributed by atoms with Gasteiger partial charge in [-0.3, -0.25) is 0 Å². The minimum atomic E-state index is 0.182. The summed E-state index contributed by atoms with van der Waals surface area (Å²) in [6.45, 7) is 0.942. The fraction of sp³-hybridized carbons (Fsp3) is 0.150. The molecule has 0 fully saturated rings. The highest BCUT2D eigenvalue weighted by molar-refractivity contribution is 6.05. The van der Waals surface area contributed by atoms with Crippen LogP contribution in [0.15, 0.2) is 66.7 Å². The lowest BCUT2D eigenvalue weighted by atomic mass is 10.1. The van der Waals surface area contributed by atoms with E-state index in [2.05, 4.69) is 53.1 Å². The quantitative estimate of drug-likeness (QED) is 0.612. The van der Waals surface area contributed by atoms with Crippen LogP contribution in [-0.4, -0.2) is 21.3 Å². The van der Waals surface area contributed by atoms with E-state index in [-0.39, 0.29) is 6.61 Å². The third-order valence-corrected chi connectivity index (χ3v) is 4.22. The molecule has 0 atom stereocenters. The van der Waals surface area contributed by atoms with E-state index in [0.717, 1.165) is 35.4 Å². The highest BCUT2D eigenvalue weighted by Gasteiger charge is 2.14. The van der Waals surface area contributed by atoms with E-state index >= 15 is 0 Å². The number of aliphatic hydroxyl groups excluding tert-OH is 1. The van der Waals surface area contributed by atoms with Gasteiger partial charge in [0.05, 0.1) is 11.0 Å². The van der Waals surface area contributed by atoms with Gasteiger partial charge in [0, 0.05) is 24.1 Å². The molecule has 1 heterocycles. The molecule has 4 rings (SSSR count). The zero-order chi connectivity index (χ0) is 15.6. The van der Waals surface area contributed by atoms with Crippen molar-refractivity contribution in [2.45, 2.75) is 13.0 Å². The summed E-state index contributed by atoms with van der Waals surface area (Å²) in [4.78, 5) is 4.95. The third-order valence-electron chi connectivity index (χ3n) is 4.22. The Balaban J connectivity index is 2.02. The first-order valence-electron chi connectivity index (χ1n) is 7.93. The number of hydrogen-bond donors (Lipinski definition) is 1. The largest absolute Gasteiger partial charge is 0.396 e. The molecule has 4 aromatic rings. The van der Waals surface area contributed by atoms with E-state index < -0.39 is 0 Å². The van der Waals surface area contributed by atoms with Gasteiger partial charge in [0.15, 0.2) is 0 Å². The first kappa shape index (κ1) is 14.0. The zero-order valence-corrected chi connectivity index (χ0v) is 12.8. The Labute approximate surface area is 134 Å². The van der Waals surface area contributed by atoms with Gasteiger partial charge >= 0.3 is 0 Å². The zero-order valence-electron chi connectivity index (χ0n) is 12.8. The van der Waals surface area contributed by atoms with Crippen molar-refractivity contribution in [3.8, 4) is 11.4 Å². The number of aryl methyl sites for hydroxylation is 1. The normalized spacial score (nSPS) is 11.3. The molecule has 0 saturated carbocycles. The van der Waals surface area contributed by atoms with E-state index in [1.54, 1.807) is 0 Å². The van der Waals surface area contributed by atoms with Gasteiger partial charge in [-0.25, -0.2) is 4.98 Å². The Kier molecular flexibility index (Phi) is 3.56. The molecule has 0 spiro atoms. The fourth-order valence-electron chi connectivity index (χ4n) is 3.12. The number of imidazole rings is 1. The molecule has 0 saturated heterocycles. The Hall–Kier alpha value is -2.65. The van der Waals surface area contributed by atoms with Gasteiger partial charge in [-0.1, -0.05) is 60.7 Å². The third kappa shape index (κ3) is 2.39. The molecular formula is C20H18N2O. The molecule has 1 aromatic heterocycles. The van der Waals surface area contributed by atoms with Gasteiger partial charge in [0.2, 0.25) is 0 Å². The van der Waals surface area contributed by atoms with E-state index in [9.17, 15) is 5.11 Å². The van der Waals surface area contributed by atoms with Gasteiger partial charge in [0.1, 0.15) is 5.82 Å². The predicted molar refractivity (Wildman–Crippen MR) is 94.4 cm³/mol. The standard InChI is InChI=1S/C20H18N2O/c23-14-6-13-22-18-12-11-15-7-4-5-10-17(15)19(18)21-20(22)16-8-2-1-3-9-16/h1-5,7-12,23H,6,13-14H2. The summed E-state index contributed by atoms with van der Waals surface area (Å²) in [5.74, 6) is 0.963. The van der Waals surface area contributed by atoms with Crippen molar-refractivity contribution in [1.29, 1.82) is 0 Å². The van der Waals surface area contributed by atoms with Crippen LogP contribution >= 0.6 is 0 Å². The summed E-state index contributed by atoms with van der Waals surface area (Å²) in [5, 5.41) is 11.6. The Bertz CT molecular complexity index is 957. The highest BCUT2D eigenvalue weighted by Crippen LogP contribution is 2.30. The maximum Gasteiger partial charge on any atom is 0.141 e. The average Bonchev–Trinajstić information content (AvgIpc) is 2.99. The summed E-state index contributed by atoms with van der Waals surface area (Å²) in [6, 6.07) is 22.9. The molecule has 0 aliphatic carbocycles. The van der Waals surface area contributed by atoms with E-state index in [1.165, 1.54) is 10.8 Å². The molecule has 1 N–H and O–H groups in total. The second-order valence-corrected chi connectivity index (χ2v) is 5.68. The van der Waals surface area contributed by atoms with Crippen LogP contribution in [0.5, 0.6) is 0 Å². The van der Waals surface area contributed by atoms with Crippen LogP contribution in [0, 0.1) is 0 Å². The van der Waals surface area contributed by atoms with Crippen molar-refractivity contribution in [3.05, 3.63) is 66.7 Å². The molecule has 0 amide bonds. The van der Waals surface area contributed by atoms with Crippen molar-refractivity contribution in [2.24, 2.45) is 0 Å². The summed E-state index contributed by atoms with van der Waals surface area (Å²) in [5.41, 5.74) is 3.25. The van der Waals surface area contributed by atoms with E-state index in [4.69, 9.17) is 4.98 Å². The summed E-state index contributed by atoms with van der Waals surface area (Å²) in [7, 11) is 0. The molecule has 3 heteroatoms. The van der Waals surface area contributed by atoms with Crippen LogP contribution < -0.4 is 0 Å². The van der Waals surface area contributed by atoms with E-state index in [0.29, 0.717) is 0 Å². The number of aromatic nitrogens is 2. The molecule has 23 heavy (non-hydrogen) atoms. The number of nitrogens with zero attached hydrogens (tertiary/aromatic N) is 2. The second-order valence-electron chi connectivity index (χ2n) is 5.68. The van der Waals surface area contributed by atoms with Crippen LogP contribution in [0.4, 0.5) is 0 Å². The molecule has 0 unspecified atom stereocenters. The van der Waals surface area contributed by atoms with Gasteiger partial charge in [-0.2, -0.15) is 0 Å². The lowest BCUT2D eigenvalue weighted by Gasteiger charge is -2.08. The minimum absolute atomic E-state index is 0.182. The lowest BCUT2D eigenvalue weighted by molar-refractivity contribution is 0.281. The Morgan fingerprint density at radius 2 is 1.65 bits per heavy atom. The van der Waals surface area contributed by atoms with Gasteiger partial charge < -0.3 is 9.67 Å². The maximum atomic E-state index is 9.24.